The van der Waals surface area contributed by atoms with E-state index in [-0.39, 0.29) is 23.9 Å². The standard InChI is InChI=1S/C23H26O4/c1-13-11-20(26-12-16-7-5-6-8-19(16)25-4)15(3)21-17(13)9-10-18-14(2)23(24)27-22(18)21/h5-8,11,14,18,22H,9-10,12H2,1-4H3/t14?,18-,22+/m0/s1. The van der Waals surface area contributed by atoms with Gasteiger partial charge in [-0.2, -0.15) is 0 Å². The lowest BCUT2D eigenvalue weighted by atomic mass is 9.74. The van der Waals surface area contributed by atoms with Crippen molar-refractivity contribution in [2.24, 2.45) is 11.8 Å². The lowest BCUT2D eigenvalue weighted by Gasteiger charge is -2.31. The number of para-hydroxylation sites is 1. The summed E-state index contributed by atoms with van der Waals surface area (Å²) in [4.78, 5) is 12.1. The van der Waals surface area contributed by atoms with Crippen molar-refractivity contribution in [2.75, 3.05) is 7.11 Å². The number of methoxy groups -OCH3 is 1. The van der Waals surface area contributed by atoms with E-state index in [1.54, 1.807) is 7.11 Å². The average Bonchev–Trinajstić information content (AvgIpc) is 2.97. The molecule has 1 aliphatic carbocycles. The van der Waals surface area contributed by atoms with Gasteiger partial charge in [0.1, 0.15) is 24.2 Å². The molecule has 142 valence electrons. The minimum atomic E-state index is -0.134. The van der Waals surface area contributed by atoms with Crippen LogP contribution in [0.15, 0.2) is 30.3 Å². The monoisotopic (exact) mass is 366 g/mol. The van der Waals surface area contributed by atoms with E-state index in [0.717, 1.165) is 35.5 Å². The quantitative estimate of drug-likeness (QED) is 0.737. The zero-order valence-electron chi connectivity index (χ0n) is 16.4. The fraction of sp³-hybridized carbons (Fsp3) is 0.435. The SMILES string of the molecule is COc1ccccc1COc1cc(C)c2c(c1C)[C@@H]1OC(=O)C(C)[C@@H]1CC2. The molecule has 4 heteroatoms. The molecule has 1 saturated heterocycles. The maximum absolute atomic E-state index is 12.1. The number of esters is 1. The van der Waals surface area contributed by atoms with E-state index in [4.69, 9.17) is 14.2 Å². The average molecular weight is 366 g/mol. The van der Waals surface area contributed by atoms with Crippen LogP contribution in [0.2, 0.25) is 0 Å². The van der Waals surface area contributed by atoms with Crippen molar-refractivity contribution in [3.05, 3.63) is 58.1 Å². The lowest BCUT2D eigenvalue weighted by Crippen LogP contribution is -2.22. The van der Waals surface area contributed by atoms with Gasteiger partial charge in [0.15, 0.2) is 0 Å². The number of rotatable bonds is 4. The number of benzene rings is 2. The van der Waals surface area contributed by atoms with Crippen LogP contribution in [0.25, 0.3) is 0 Å². The van der Waals surface area contributed by atoms with Gasteiger partial charge in [-0.15, -0.1) is 0 Å². The largest absolute Gasteiger partial charge is 0.496 e. The van der Waals surface area contributed by atoms with Gasteiger partial charge in [-0.1, -0.05) is 25.1 Å². The minimum absolute atomic E-state index is 0.0268. The van der Waals surface area contributed by atoms with Crippen molar-refractivity contribution in [3.8, 4) is 11.5 Å². The molecule has 2 aromatic carbocycles. The molecule has 2 aromatic rings. The Balaban J connectivity index is 1.67. The molecular weight excluding hydrogens is 340 g/mol. The number of carbonyl (C=O) groups is 1. The summed E-state index contributed by atoms with van der Waals surface area (Å²) in [7, 11) is 1.67. The Morgan fingerprint density at radius 3 is 2.74 bits per heavy atom. The zero-order valence-corrected chi connectivity index (χ0v) is 16.4. The number of ether oxygens (including phenoxy) is 3. The van der Waals surface area contributed by atoms with Gasteiger partial charge in [-0.3, -0.25) is 4.79 Å². The highest BCUT2D eigenvalue weighted by Crippen LogP contribution is 2.49. The van der Waals surface area contributed by atoms with Crippen LogP contribution in [0.5, 0.6) is 11.5 Å². The molecule has 27 heavy (non-hydrogen) atoms. The highest BCUT2D eigenvalue weighted by atomic mass is 16.6. The van der Waals surface area contributed by atoms with Crippen LogP contribution < -0.4 is 9.47 Å². The summed E-state index contributed by atoms with van der Waals surface area (Å²) in [6.45, 7) is 6.62. The van der Waals surface area contributed by atoms with E-state index in [0.29, 0.717) is 6.61 Å². The van der Waals surface area contributed by atoms with Gasteiger partial charge in [0, 0.05) is 17.0 Å². The smallest absolute Gasteiger partial charge is 0.309 e. The molecule has 0 radical (unpaired) electrons. The van der Waals surface area contributed by atoms with Gasteiger partial charge < -0.3 is 14.2 Å². The van der Waals surface area contributed by atoms with Crippen LogP contribution in [0.4, 0.5) is 0 Å². The first-order valence-corrected chi connectivity index (χ1v) is 9.59. The van der Waals surface area contributed by atoms with Gasteiger partial charge in [0.05, 0.1) is 13.0 Å². The number of carbonyl (C=O) groups excluding carboxylic acids is 1. The van der Waals surface area contributed by atoms with E-state index in [9.17, 15) is 4.79 Å². The Bertz CT molecular complexity index is 886. The van der Waals surface area contributed by atoms with Crippen LogP contribution in [0.1, 0.15) is 47.3 Å². The van der Waals surface area contributed by atoms with Gasteiger partial charge in [0.2, 0.25) is 0 Å². The third kappa shape index (κ3) is 2.97. The minimum Gasteiger partial charge on any atom is -0.496 e. The molecule has 0 spiro atoms. The van der Waals surface area contributed by atoms with E-state index >= 15 is 0 Å². The molecule has 0 amide bonds. The van der Waals surface area contributed by atoms with E-state index in [1.807, 2.05) is 31.2 Å². The molecular formula is C23H26O4. The molecule has 3 atom stereocenters. The summed E-state index contributed by atoms with van der Waals surface area (Å²) in [6.07, 6.45) is 1.87. The molecule has 1 unspecified atom stereocenters. The van der Waals surface area contributed by atoms with E-state index in [1.165, 1.54) is 16.7 Å². The van der Waals surface area contributed by atoms with Gasteiger partial charge >= 0.3 is 5.97 Å². The van der Waals surface area contributed by atoms with Crippen molar-refractivity contribution in [1.82, 2.24) is 0 Å². The highest BCUT2D eigenvalue weighted by Gasteiger charge is 2.46. The first kappa shape index (κ1) is 17.9. The molecule has 0 aromatic heterocycles. The second-order valence-corrected chi connectivity index (χ2v) is 7.66. The number of hydrogen-bond donors (Lipinski definition) is 0. The van der Waals surface area contributed by atoms with Gasteiger partial charge in [-0.05, 0) is 55.5 Å². The second kappa shape index (κ2) is 6.91. The van der Waals surface area contributed by atoms with Crippen LogP contribution in [0, 0.1) is 25.7 Å². The lowest BCUT2D eigenvalue weighted by molar-refractivity contribution is -0.144. The molecule has 4 nitrogen and oxygen atoms in total. The Hall–Kier alpha value is -2.49. The van der Waals surface area contributed by atoms with Crippen molar-refractivity contribution in [2.45, 2.75) is 46.3 Å². The first-order chi connectivity index (χ1) is 13.0. The summed E-state index contributed by atoms with van der Waals surface area (Å²) in [6, 6.07) is 10.00. The van der Waals surface area contributed by atoms with E-state index in [2.05, 4.69) is 19.9 Å². The van der Waals surface area contributed by atoms with Crippen LogP contribution in [0.3, 0.4) is 0 Å². The maximum atomic E-state index is 12.1. The topological polar surface area (TPSA) is 44.8 Å². The maximum Gasteiger partial charge on any atom is 0.309 e. The molecule has 0 bridgehead atoms. The van der Waals surface area contributed by atoms with E-state index < -0.39 is 0 Å². The molecule has 2 aliphatic rings. The molecule has 0 N–H and O–H groups in total. The summed E-state index contributed by atoms with van der Waals surface area (Å²) in [5.74, 6) is 1.85. The molecule has 1 fully saturated rings. The first-order valence-electron chi connectivity index (χ1n) is 9.59. The summed E-state index contributed by atoms with van der Waals surface area (Å²) >= 11 is 0. The van der Waals surface area contributed by atoms with Crippen molar-refractivity contribution in [3.63, 3.8) is 0 Å². The molecule has 0 saturated carbocycles. The fourth-order valence-electron chi connectivity index (χ4n) is 4.55. The molecule has 1 aliphatic heterocycles. The summed E-state index contributed by atoms with van der Waals surface area (Å²) < 4.78 is 17.4. The van der Waals surface area contributed by atoms with Crippen LogP contribution in [-0.4, -0.2) is 13.1 Å². The van der Waals surface area contributed by atoms with Crippen LogP contribution in [-0.2, 0) is 22.6 Å². The van der Waals surface area contributed by atoms with Crippen molar-refractivity contribution >= 4 is 5.97 Å². The predicted octanol–water partition coefficient (Wildman–Crippen LogP) is 4.69. The zero-order chi connectivity index (χ0) is 19.1. The Morgan fingerprint density at radius 2 is 1.96 bits per heavy atom. The highest BCUT2D eigenvalue weighted by molar-refractivity contribution is 5.76. The van der Waals surface area contributed by atoms with Gasteiger partial charge in [-0.25, -0.2) is 0 Å². The summed E-state index contributed by atoms with van der Waals surface area (Å²) in [5.41, 5.74) is 5.79. The predicted molar refractivity (Wildman–Crippen MR) is 103 cm³/mol. The van der Waals surface area contributed by atoms with Gasteiger partial charge in [0.25, 0.3) is 0 Å². The third-order valence-corrected chi connectivity index (χ3v) is 6.16. The number of hydrogen-bond acceptors (Lipinski definition) is 4. The Morgan fingerprint density at radius 1 is 1.19 bits per heavy atom. The van der Waals surface area contributed by atoms with Crippen molar-refractivity contribution in [1.29, 1.82) is 0 Å². The van der Waals surface area contributed by atoms with Crippen LogP contribution >= 0.6 is 0 Å². The third-order valence-electron chi connectivity index (χ3n) is 6.16. The molecule has 1 heterocycles. The fourth-order valence-corrected chi connectivity index (χ4v) is 4.55. The second-order valence-electron chi connectivity index (χ2n) is 7.66. The molecule has 4 rings (SSSR count). The number of aryl methyl sites for hydroxylation is 1. The Kier molecular flexibility index (Phi) is 4.58. The summed E-state index contributed by atoms with van der Waals surface area (Å²) in [5, 5.41) is 0. The van der Waals surface area contributed by atoms with Crippen molar-refractivity contribution < 1.29 is 19.0 Å². The normalized spacial score (nSPS) is 23.4. The number of fused-ring (bicyclic) bond motifs is 3. The Labute approximate surface area is 160 Å².